The highest BCUT2D eigenvalue weighted by Gasteiger charge is 2.14. The molecule has 0 amide bonds. The molecule has 1 heterocycles. The first-order valence-corrected chi connectivity index (χ1v) is 7.42. The molecule has 1 aliphatic rings. The van der Waals surface area contributed by atoms with Crippen LogP contribution in [0.3, 0.4) is 0 Å². The van der Waals surface area contributed by atoms with E-state index >= 15 is 0 Å². The van der Waals surface area contributed by atoms with Gasteiger partial charge in [0, 0.05) is 11.7 Å². The molecule has 100 valence electrons. The number of nitrogens with one attached hydrogen (secondary N) is 2. The minimum absolute atomic E-state index is 0.648. The van der Waals surface area contributed by atoms with Crippen molar-refractivity contribution < 1.29 is 0 Å². The molecule has 0 spiro atoms. The van der Waals surface area contributed by atoms with Gasteiger partial charge in [-0.15, -0.1) is 0 Å². The van der Waals surface area contributed by atoms with Crippen LogP contribution in [0.25, 0.3) is 0 Å². The Balaban J connectivity index is 2.09. The Labute approximate surface area is 111 Å². The second-order valence-electron chi connectivity index (χ2n) is 5.26. The average Bonchev–Trinajstić information content (AvgIpc) is 2.42. The number of anilines is 1. The maximum Gasteiger partial charge on any atom is 0.0375 e. The Bertz CT molecular complexity index is 367. The first-order chi connectivity index (χ1) is 8.83. The zero-order valence-corrected chi connectivity index (χ0v) is 11.8. The summed E-state index contributed by atoms with van der Waals surface area (Å²) in [6, 6.07) is 7.58. The number of hydrogen-bond acceptors (Lipinski definition) is 2. The van der Waals surface area contributed by atoms with Crippen LogP contribution in [0.5, 0.6) is 0 Å². The molecule has 1 aromatic carbocycles. The molecule has 0 unspecified atom stereocenters. The monoisotopic (exact) mass is 246 g/mol. The highest BCUT2D eigenvalue weighted by atomic mass is 15.0. The van der Waals surface area contributed by atoms with Gasteiger partial charge in [0.2, 0.25) is 0 Å². The van der Waals surface area contributed by atoms with Crippen LogP contribution in [-0.4, -0.2) is 19.1 Å². The van der Waals surface area contributed by atoms with Crippen molar-refractivity contribution in [2.45, 2.75) is 52.0 Å². The molecule has 0 aliphatic carbocycles. The predicted octanol–water partition coefficient (Wildman–Crippen LogP) is 3.37. The SMILES string of the molecule is CCCc1cc(CC)ccc1NC1CCNCC1. The number of rotatable bonds is 5. The first kappa shape index (κ1) is 13.4. The van der Waals surface area contributed by atoms with Gasteiger partial charge in [-0.3, -0.25) is 0 Å². The number of hydrogen-bond donors (Lipinski definition) is 2. The third-order valence-corrected chi connectivity index (χ3v) is 3.80. The third kappa shape index (κ3) is 3.49. The second-order valence-corrected chi connectivity index (χ2v) is 5.26. The summed E-state index contributed by atoms with van der Waals surface area (Å²) in [6.07, 6.45) is 6.00. The quantitative estimate of drug-likeness (QED) is 0.832. The lowest BCUT2D eigenvalue weighted by molar-refractivity contribution is 0.479. The molecule has 0 saturated carbocycles. The van der Waals surface area contributed by atoms with E-state index in [-0.39, 0.29) is 0 Å². The Morgan fingerprint density at radius 2 is 2.00 bits per heavy atom. The van der Waals surface area contributed by atoms with Gasteiger partial charge >= 0.3 is 0 Å². The van der Waals surface area contributed by atoms with Gasteiger partial charge in [-0.25, -0.2) is 0 Å². The van der Waals surface area contributed by atoms with E-state index in [0.29, 0.717) is 6.04 Å². The van der Waals surface area contributed by atoms with E-state index in [1.54, 1.807) is 0 Å². The molecular formula is C16H26N2. The largest absolute Gasteiger partial charge is 0.382 e. The summed E-state index contributed by atoms with van der Waals surface area (Å²) in [5.41, 5.74) is 4.31. The van der Waals surface area contributed by atoms with Crippen LogP contribution in [0.1, 0.15) is 44.2 Å². The molecule has 1 aliphatic heterocycles. The van der Waals surface area contributed by atoms with E-state index in [1.807, 2.05) is 0 Å². The highest BCUT2D eigenvalue weighted by Crippen LogP contribution is 2.22. The lowest BCUT2D eigenvalue weighted by atomic mass is 10.0. The number of aryl methyl sites for hydroxylation is 2. The van der Waals surface area contributed by atoms with Crippen molar-refractivity contribution in [2.75, 3.05) is 18.4 Å². The molecule has 18 heavy (non-hydrogen) atoms. The van der Waals surface area contributed by atoms with Crippen LogP contribution in [-0.2, 0) is 12.8 Å². The van der Waals surface area contributed by atoms with Crippen LogP contribution < -0.4 is 10.6 Å². The van der Waals surface area contributed by atoms with Gasteiger partial charge in [0.1, 0.15) is 0 Å². The number of piperidine rings is 1. The molecule has 1 saturated heterocycles. The molecule has 2 nitrogen and oxygen atoms in total. The van der Waals surface area contributed by atoms with Crippen LogP contribution in [0.4, 0.5) is 5.69 Å². The van der Waals surface area contributed by atoms with Crippen molar-refractivity contribution in [3.05, 3.63) is 29.3 Å². The van der Waals surface area contributed by atoms with E-state index < -0.39 is 0 Å². The maximum absolute atomic E-state index is 3.75. The summed E-state index contributed by atoms with van der Waals surface area (Å²) in [7, 11) is 0. The van der Waals surface area contributed by atoms with E-state index in [2.05, 4.69) is 42.7 Å². The Hall–Kier alpha value is -1.02. The van der Waals surface area contributed by atoms with Gasteiger partial charge in [-0.1, -0.05) is 32.4 Å². The highest BCUT2D eigenvalue weighted by molar-refractivity contribution is 5.53. The Kier molecular flexibility index (Phi) is 5.06. The van der Waals surface area contributed by atoms with Crippen LogP contribution >= 0.6 is 0 Å². The minimum atomic E-state index is 0.648. The molecule has 0 bridgehead atoms. The fraction of sp³-hybridized carbons (Fsp3) is 0.625. The van der Waals surface area contributed by atoms with Crippen LogP contribution in [0, 0.1) is 0 Å². The summed E-state index contributed by atoms with van der Waals surface area (Å²) in [6.45, 7) is 6.78. The van der Waals surface area contributed by atoms with E-state index in [9.17, 15) is 0 Å². The molecule has 0 atom stereocenters. The third-order valence-electron chi connectivity index (χ3n) is 3.80. The van der Waals surface area contributed by atoms with Crippen LogP contribution in [0.2, 0.25) is 0 Å². The van der Waals surface area contributed by atoms with Crippen molar-refractivity contribution in [2.24, 2.45) is 0 Å². The molecule has 2 heteroatoms. The van der Waals surface area contributed by atoms with Gasteiger partial charge in [0.15, 0.2) is 0 Å². The summed E-state index contributed by atoms with van der Waals surface area (Å²) in [5.74, 6) is 0. The summed E-state index contributed by atoms with van der Waals surface area (Å²) < 4.78 is 0. The van der Waals surface area contributed by atoms with Crippen LogP contribution in [0.15, 0.2) is 18.2 Å². The van der Waals surface area contributed by atoms with Crippen molar-refractivity contribution in [3.63, 3.8) is 0 Å². The lowest BCUT2D eigenvalue weighted by Crippen LogP contribution is -2.35. The summed E-state index contributed by atoms with van der Waals surface area (Å²) in [4.78, 5) is 0. The van der Waals surface area contributed by atoms with Gasteiger partial charge in [0.25, 0.3) is 0 Å². The second kappa shape index (κ2) is 6.79. The van der Waals surface area contributed by atoms with Crippen molar-refractivity contribution >= 4 is 5.69 Å². The zero-order chi connectivity index (χ0) is 12.8. The fourth-order valence-electron chi connectivity index (χ4n) is 2.67. The smallest absolute Gasteiger partial charge is 0.0375 e. The van der Waals surface area contributed by atoms with Crippen molar-refractivity contribution in [3.8, 4) is 0 Å². The van der Waals surface area contributed by atoms with Gasteiger partial charge in [0.05, 0.1) is 0 Å². The Morgan fingerprint density at radius 3 is 2.67 bits per heavy atom. The van der Waals surface area contributed by atoms with E-state index in [4.69, 9.17) is 0 Å². The van der Waals surface area contributed by atoms with Crippen molar-refractivity contribution in [1.82, 2.24) is 5.32 Å². The summed E-state index contributed by atoms with van der Waals surface area (Å²) in [5, 5.41) is 7.16. The molecule has 2 N–H and O–H groups in total. The van der Waals surface area contributed by atoms with Gasteiger partial charge < -0.3 is 10.6 Å². The fourth-order valence-corrected chi connectivity index (χ4v) is 2.67. The molecule has 0 aromatic heterocycles. The molecular weight excluding hydrogens is 220 g/mol. The van der Waals surface area contributed by atoms with E-state index in [0.717, 1.165) is 19.5 Å². The zero-order valence-electron chi connectivity index (χ0n) is 11.8. The lowest BCUT2D eigenvalue weighted by Gasteiger charge is -2.26. The van der Waals surface area contributed by atoms with E-state index in [1.165, 1.54) is 42.5 Å². The standard InChI is InChI=1S/C16H26N2/c1-3-5-14-12-13(4-2)6-7-16(14)18-15-8-10-17-11-9-15/h6-7,12,15,17-18H,3-5,8-11H2,1-2H3. The average molecular weight is 246 g/mol. The number of benzene rings is 1. The summed E-state index contributed by atoms with van der Waals surface area (Å²) >= 11 is 0. The normalized spacial score (nSPS) is 16.8. The Morgan fingerprint density at radius 1 is 1.22 bits per heavy atom. The molecule has 1 fully saturated rings. The predicted molar refractivity (Wildman–Crippen MR) is 79.3 cm³/mol. The van der Waals surface area contributed by atoms with Gasteiger partial charge in [-0.05, 0) is 56.0 Å². The topological polar surface area (TPSA) is 24.1 Å². The van der Waals surface area contributed by atoms with Crippen molar-refractivity contribution in [1.29, 1.82) is 0 Å². The molecule has 2 rings (SSSR count). The maximum atomic E-state index is 3.75. The molecule has 0 radical (unpaired) electrons. The minimum Gasteiger partial charge on any atom is -0.382 e. The van der Waals surface area contributed by atoms with Gasteiger partial charge in [-0.2, -0.15) is 0 Å². The molecule has 1 aromatic rings. The first-order valence-electron chi connectivity index (χ1n) is 7.42.